The van der Waals surface area contributed by atoms with Gasteiger partial charge >= 0.3 is 0 Å². The maximum absolute atomic E-state index is 5.87. The Labute approximate surface area is 102 Å². The lowest BCUT2D eigenvalue weighted by Gasteiger charge is -2.19. The minimum Gasteiger partial charge on any atom is -0.399 e. The lowest BCUT2D eigenvalue weighted by Crippen LogP contribution is -2.27. The normalized spacial score (nSPS) is 24.3. The van der Waals surface area contributed by atoms with Crippen molar-refractivity contribution in [2.24, 2.45) is 0 Å². The van der Waals surface area contributed by atoms with Crippen molar-refractivity contribution in [3.8, 4) is 0 Å². The maximum Gasteiger partial charge on any atom is 0.102 e. The van der Waals surface area contributed by atoms with Crippen LogP contribution < -0.4 is 10.6 Å². The molecule has 17 heavy (non-hydrogen) atoms. The fourth-order valence-electron chi connectivity index (χ4n) is 2.38. The molecule has 1 fully saturated rings. The molecule has 1 aromatic carbocycles. The van der Waals surface area contributed by atoms with Crippen LogP contribution in [0, 0.1) is 6.92 Å². The van der Waals surface area contributed by atoms with Crippen molar-refractivity contribution in [1.82, 2.24) is 0 Å². The summed E-state index contributed by atoms with van der Waals surface area (Å²) >= 11 is 0. The highest BCUT2D eigenvalue weighted by atomic mass is 16.5. The van der Waals surface area contributed by atoms with E-state index < -0.39 is 0 Å². The Balaban J connectivity index is 2.18. The zero-order valence-corrected chi connectivity index (χ0v) is 10.6. The van der Waals surface area contributed by atoms with Gasteiger partial charge in [-0.25, -0.2) is 0 Å². The third-order valence-corrected chi connectivity index (χ3v) is 3.27. The van der Waals surface area contributed by atoms with E-state index in [1.165, 1.54) is 5.56 Å². The summed E-state index contributed by atoms with van der Waals surface area (Å²) in [6.07, 6.45) is 0.253. The van der Waals surface area contributed by atoms with E-state index in [2.05, 4.69) is 17.9 Å². The number of hydrogen-bond donors (Lipinski definition) is 1. The first-order chi connectivity index (χ1) is 8.13. The van der Waals surface area contributed by atoms with E-state index in [1.54, 1.807) is 14.2 Å². The van der Waals surface area contributed by atoms with Gasteiger partial charge in [0, 0.05) is 38.7 Å². The molecule has 0 saturated carbocycles. The molecule has 2 unspecified atom stereocenters. The topological polar surface area (TPSA) is 47.7 Å². The van der Waals surface area contributed by atoms with Gasteiger partial charge in [-0.1, -0.05) is 0 Å². The van der Waals surface area contributed by atoms with Gasteiger partial charge in [-0.15, -0.1) is 0 Å². The first-order valence-corrected chi connectivity index (χ1v) is 5.81. The van der Waals surface area contributed by atoms with Crippen molar-refractivity contribution >= 4 is 11.4 Å². The molecule has 0 amide bonds. The molecule has 0 bridgehead atoms. The second-order valence-electron chi connectivity index (χ2n) is 4.56. The summed E-state index contributed by atoms with van der Waals surface area (Å²) in [5, 5.41) is 0. The molecule has 0 spiro atoms. The van der Waals surface area contributed by atoms with Crippen LogP contribution in [0.2, 0.25) is 0 Å². The van der Waals surface area contributed by atoms with Gasteiger partial charge < -0.3 is 20.1 Å². The second kappa shape index (κ2) is 4.94. The predicted octanol–water partition coefficient (Wildman–Crippen LogP) is 1.43. The molecule has 0 aromatic heterocycles. The first-order valence-electron chi connectivity index (χ1n) is 5.81. The smallest absolute Gasteiger partial charge is 0.102 e. The molecule has 1 saturated heterocycles. The van der Waals surface area contributed by atoms with Crippen molar-refractivity contribution in [3.63, 3.8) is 0 Å². The second-order valence-corrected chi connectivity index (χ2v) is 4.56. The minimum atomic E-state index is 0.127. The van der Waals surface area contributed by atoms with Crippen LogP contribution in [0.3, 0.4) is 0 Å². The first kappa shape index (κ1) is 12.2. The van der Waals surface area contributed by atoms with Crippen molar-refractivity contribution < 1.29 is 9.47 Å². The van der Waals surface area contributed by atoms with E-state index >= 15 is 0 Å². The molecule has 1 aliphatic heterocycles. The van der Waals surface area contributed by atoms with Gasteiger partial charge in [-0.05, 0) is 30.7 Å². The standard InChI is InChI=1S/C13H20N2O2/c1-9-4-10(14)6-11(5-9)15-7-12(16-2)13(8-15)17-3/h4-6,12-13H,7-8,14H2,1-3H3. The molecule has 4 nitrogen and oxygen atoms in total. The highest BCUT2D eigenvalue weighted by Gasteiger charge is 2.33. The Morgan fingerprint density at radius 2 is 1.71 bits per heavy atom. The molecule has 2 N–H and O–H groups in total. The molecule has 2 rings (SSSR count). The molecule has 1 aliphatic rings. The lowest BCUT2D eigenvalue weighted by molar-refractivity contribution is -0.00461. The van der Waals surface area contributed by atoms with Gasteiger partial charge in [0.1, 0.15) is 12.2 Å². The summed E-state index contributed by atoms with van der Waals surface area (Å²) in [4.78, 5) is 2.26. The maximum atomic E-state index is 5.87. The summed E-state index contributed by atoms with van der Waals surface area (Å²) in [5.74, 6) is 0. The van der Waals surface area contributed by atoms with E-state index in [-0.39, 0.29) is 12.2 Å². The molecule has 2 atom stereocenters. The van der Waals surface area contributed by atoms with E-state index in [4.69, 9.17) is 15.2 Å². The molecule has 94 valence electrons. The minimum absolute atomic E-state index is 0.127. The van der Waals surface area contributed by atoms with Crippen LogP contribution in [-0.4, -0.2) is 39.5 Å². The molecule has 0 aliphatic carbocycles. The van der Waals surface area contributed by atoms with Crippen LogP contribution in [0.25, 0.3) is 0 Å². The Bertz CT molecular complexity index is 363. The van der Waals surface area contributed by atoms with Crippen LogP contribution in [0.4, 0.5) is 11.4 Å². The Morgan fingerprint density at radius 1 is 1.12 bits per heavy atom. The molecular formula is C13H20N2O2. The van der Waals surface area contributed by atoms with Gasteiger partial charge in [0.25, 0.3) is 0 Å². The average Bonchev–Trinajstić information content (AvgIpc) is 2.70. The zero-order valence-electron chi connectivity index (χ0n) is 10.6. The van der Waals surface area contributed by atoms with Crippen molar-refractivity contribution in [2.75, 3.05) is 37.9 Å². The number of hydrogen-bond acceptors (Lipinski definition) is 4. The Morgan fingerprint density at radius 3 is 2.18 bits per heavy atom. The molecule has 1 heterocycles. The summed E-state index contributed by atoms with van der Waals surface area (Å²) in [5.41, 5.74) is 8.99. The molecule has 4 heteroatoms. The van der Waals surface area contributed by atoms with Crippen LogP contribution >= 0.6 is 0 Å². The number of anilines is 2. The van der Waals surface area contributed by atoms with Crippen LogP contribution in [-0.2, 0) is 9.47 Å². The van der Waals surface area contributed by atoms with Crippen molar-refractivity contribution in [3.05, 3.63) is 23.8 Å². The zero-order chi connectivity index (χ0) is 12.4. The SMILES string of the molecule is COC1CN(c2cc(C)cc(N)c2)CC1OC. The van der Waals surface area contributed by atoms with E-state index in [9.17, 15) is 0 Å². The Kier molecular flexibility index (Phi) is 3.54. The van der Waals surface area contributed by atoms with Gasteiger partial charge in [0.15, 0.2) is 0 Å². The summed E-state index contributed by atoms with van der Waals surface area (Å²) < 4.78 is 10.9. The molecule has 1 aromatic rings. The lowest BCUT2D eigenvalue weighted by atomic mass is 10.2. The fourth-order valence-corrected chi connectivity index (χ4v) is 2.38. The third kappa shape index (κ3) is 2.53. The number of nitrogens with zero attached hydrogens (tertiary/aromatic N) is 1. The van der Waals surface area contributed by atoms with Gasteiger partial charge in [0.05, 0.1) is 0 Å². The number of methoxy groups -OCH3 is 2. The Hall–Kier alpha value is -1.26. The summed E-state index contributed by atoms with van der Waals surface area (Å²) in [6.45, 7) is 3.74. The molecule has 0 radical (unpaired) electrons. The van der Waals surface area contributed by atoms with Gasteiger partial charge in [-0.3, -0.25) is 0 Å². The predicted molar refractivity (Wildman–Crippen MR) is 69.4 cm³/mol. The fraction of sp³-hybridized carbons (Fsp3) is 0.538. The number of aryl methyl sites for hydroxylation is 1. The largest absolute Gasteiger partial charge is 0.399 e. The summed E-state index contributed by atoms with van der Waals surface area (Å²) in [6, 6.07) is 6.11. The monoisotopic (exact) mass is 236 g/mol. The van der Waals surface area contributed by atoms with Gasteiger partial charge in [0.2, 0.25) is 0 Å². The van der Waals surface area contributed by atoms with Crippen LogP contribution in [0.1, 0.15) is 5.56 Å². The highest BCUT2D eigenvalue weighted by Crippen LogP contribution is 2.26. The number of rotatable bonds is 3. The number of nitrogens with two attached hydrogens (primary N) is 1. The van der Waals surface area contributed by atoms with Gasteiger partial charge in [-0.2, -0.15) is 0 Å². The van der Waals surface area contributed by atoms with Crippen molar-refractivity contribution in [2.45, 2.75) is 19.1 Å². The quantitative estimate of drug-likeness (QED) is 0.806. The number of benzene rings is 1. The van der Waals surface area contributed by atoms with E-state index in [0.29, 0.717) is 0 Å². The molecular weight excluding hydrogens is 216 g/mol. The van der Waals surface area contributed by atoms with Crippen LogP contribution in [0.15, 0.2) is 18.2 Å². The summed E-state index contributed by atoms with van der Waals surface area (Å²) in [7, 11) is 3.45. The number of nitrogen functional groups attached to an aromatic ring is 1. The third-order valence-electron chi connectivity index (χ3n) is 3.27. The van der Waals surface area contributed by atoms with Crippen molar-refractivity contribution in [1.29, 1.82) is 0 Å². The number of ether oxygens (including phenoxy) is 2. The van der Waals surface area contributed by atoms with E-state index in [0.717, 1.165) is 24.5 Å². The van der Waals surface area contributed by atoms with E-state index in [1.807, 2.05) is 12.1 Å². The van der Waals surface area contributed by atoms with Crippen LogP contribution in [0.5, 0.6) is 0 Å². The average molecular weight is 236 g/mol. The highest BCUT2D eigenvalue weighted by molar-refractivity contribution is 5.59.